The number of nitriles is 1. The molecule has 0 saturated carbocycles. The molecule has 0 aromatic heterocycles. The fraction of sp³-hybridized carbons (Fsp3) is 0.941. The van der Waals surface area contributed by atoms with Crippen LogP contribution in [0.5, 0.6) is 0 Å². The van der Waals surface area contributed by atoms with Crippen molar-refractivity contribution in [2.45, 2.75) is 71.8 Å². The van der Waals surface area contributed by atoms with E-state index in [1.54, 1.807) is 0 Å². The van der Waals surface area contributed by atoms with E-state index >= 15 is 0 Å². The summed E-state index contributed by atoms with van der Waals surface area (Å²) in [5.41, 5.74) is 0.449. The maximum absolute atomic E-state index is 8.86. The molecule has 116 valence electrons. The van der Waals surface area contributed by atoms with E-state index in [1.165, 1.54) is 25.9 Å². The van der Waals surface area contributed by atoms with Crippen LogP contribution in [-0.4, -0.2) is 36.6 Å². The van der Waals surface area contributed by atoms with E-state index in [1.807, 2.05) is 0 Å². The summed E-state index contributed by atoms with van der Waals surface area (Å²) in [6.07, 6.45) is 6.70. The Morgan fingerprint density at radius 2 is 1.75 bits per heavy atom. The van der Waals surface area contributed by atoms with Gasteiger partial charge in [-0.2, -0.15) is 5.26 Å². The van der Waals surface area contributed by atoms with Crippen LogP contribution in [0.2, 0.25) is 0 Å². The van der Waals surface area contributed by atoms with Crippen LogP contribution in [0.25, 0.3) is 0 Å². The summed E-state index contributed by atoms with van der Waals surface area (Å²) < 4.78 is 0. The molecule has 0 aromatic rings. The summed E-state index contributed by atoms with van der Waals surface area (Å²) in [5, 5.41) is 12.6. The minimum Gasteiger partial charge on any atom is -0.310 e. The normalized spacial score (nSPS) is 17.4. The van der Waals surface area contributed by atoms with Gasteiger partial charge < -0.3 is 10.2 Å². The summed E-state index contributed by atoms with van der Waals surface area (Å²) in [6.45, 7) is 13.8. The number of hydrogen-bond donors (Lipinski definition) is 1. The predicted molar refractivity (Wildman–Crippen MR) is 85.6 cm³/mol. The van der Waals surface area contributed by atoms with Crippen LogP contribution in [0.3, 0.4) is 0 Å². The van der Waals surface area contributed by atoms with E-state index in [-0.39, 0.29) is 11.0 Å². The number of nitrogens with zero attached hydrogens (tertiary/aromatic N) is 2. The monoisotopic (exact) mass is 279 g/mol. The van der Waals surface area contributed by atoms with Crippen LogP contribution in [0.15, 0.2) is 0 Å². The summed E-state index contributed by atoms with van der Waals surface area (Å²) in [4.78, 5) is 2.57. The van der Waals surface area contributed by atoms with Gasteiger partial charge in [0.05, 0.1) is 6.07 Å². The van der Waals surface area contributed by atoms with Gasteiger partial charge >= 0.3 is 0 Å². The lowest BCUT2D eigenvalue weighted by Crippen LogP contribution is -2.51. The fourth-order valence-corrected chi connectivity index (χ4v) is 3.25. The highest BCUT2D eigenvalue weighted by Crippen LogP contribution is 2.31. The second kappa shape index (κ2) is 8.00. The lowest BCUT2D eigenvalue weighted by Gasteiger charge is -2.38. The molecule has 20 heavy (non-hydrogen) atoms. The summed E-state index contributed by atoms with van der Waals surface area (Å²) >= 11 is 0. The van der Waals surface area contributed by atoms with Crippen molar-refractivity contribution in [3.8, 4) is 6.07 Å². The number of likely N-dealkylation sites (tertiary alicyclic amines) is 1. The van der Waals surface area contributed by atoms with Gasteiger partial charge in [-0.05, 0) is 64.5 Å². The molecule has 0 amide bonds. The van der Waals surface area contributed by atoms with Gasteiger partial charge in [-0.1, -0.05) is 13.8 Å². The standard InChI is InChI=1S/C17H33N3/c1-5-17(6-2,10-9-11-18)14-19-16(3,4)15-20-12-7-8-13-20/h19H,5-10,12-15H2,1-4H3. The zero-order chi connectivity index (χ0) is 15.1. The van der Waals surface area contributed by atoms with Crippen molar-refractivity contribution in [1.29, 1.82) is 5.26 Å². The minimum atomic E-state index is 0.159. The van der Waals surface area contributed by atoms with Crippen molar-refractivity contribution in [2.24, 2.45) is 5.41 Å². The van der Waals surface area contributed by atoms with Gasteiger partial charge in [0.2, 0.25) is 0 Å². The molecule has 0 radical (unpaired) electrons. The Morgan fingerprint density at radius 1 is 1.15 bits per heavy atom. The van der Waals surface area contributed by atoms with Crippen molar-refractivity contribution in [1.82, 2.24) is 10.2 Å². The lowest BCUT2D eigenvalue weighted by atomic mass is 9.77. The lowest BCUT2D eigenvalue weighted by molar-refractivity contribution is 0.175. The first-order valence-electron chi connectivity index (χ1n) is 8.31. The van der Waals surface area contributed by atoms with Crippen molar-refractivity contribution in [3.63, 3.8) is 0 Å². The predicted octanol–water partition coefficient (Wildman–Crippen LogP) is 3.56. The quantitative estimate of drug-likeness (QED) is 0.701. The largest absolute Gasteiger partial charge is 0.310 e. The van der Waals surface area contributed by atoms with Crippen molar-refractivity contribution in [3.05, 3.63) is 0 Å². The molecule has 0 aromatic carbocycles. The van der Waals surface area contributed by atoms with Gasteiger partial charge in [0.1, 0.15) is 0 Å². The van der Waals surface area contributed by atoms with E-state index < -0.39 is 0 Å². The van der Waals surface area contributed by atoms with E-state index in [0.29, 0.717) is 6.42 Å². The van der Waals surface area contributed by atoms with E-state index in [9.17, 15) is 0 Å². The van der Waals surface area contributed by atoms with Crippen LogP contribution in [0.1, 0.15) is 66.2 Å². The molecule has 1 N–H and O–H groups in total. The van der Waals surface area contributed by atoms with Crippen molar-refractivity contribution < 1.29 is 0 Å². The molecule has 3 heteroatoms. The minimum absolute atomic E-state index is 0.159. The highest BCUT2D eigenvalue weighted by Gasteiger charge is 2.30. The van der Waals surface area contributed by atoms with Crippen molar-refractivity contribution in [2.75, 3.05) is 26.2 Å². The molecule has 1 heterocycles. The van der Waals surface area contributed by atoms with Crippen LogP contribution >= 0.6 is 0 Å². The van der Waals surface area contributed by atoms with Crippen LogP contribution < -0.4 is 5.32 Å². The second-order valence-corrected chi connectivity index (χ2v) is 7.09. The molecule has 3 nitrogen and oxygen atoms in total. The average molecular weight is 279 g/mol. The Hall–Kier alpha value is -0.590. The van der Waals surface area contributed by atoms with Crippen LogP contribution in [0, 0.1) is 16.7 Å². The van der Waals surface area contributed by atoms with Gasteiger partial charge in [-0.3, -0.25) is 0 Å². The molecule has 0 bridgehead atoms. The van der Waals surface area contributed by atoms with E-state index in [2.05, 4.69) is 44.0 Å². The molecular weight excluding hydrogens is 246 g/mol. The van der Waals surface area contributed by atoms with E-state index in [0.717, 1.165) is 32.4 Å². The van der Waals surface area contributed by atoms with Crippen LogP contribution in [-0.2, 0) is 0 Å². The second-order valence-electron chi connectivity index (χ2n) is 7.09. The first-order valence-corrected chi connectivity index (χ1v) is 8.31. The Kier molecular flexibility index (Phi) is 6.99. The third kappa shape index (κ3) is 5.42. The molecule has 1 fully saturated rings. The molecule has 0 atom stereocenters. The van der Waals surface area contributed by atoms with Gasteiger partial charge in [-0.15, -0.1) is 0 Å². The zero-order valence-corrected chi connectivity index (χ0v) is 14.0. The maximum Gasteiger partial charge on any atom is 0.0621 e. The molecule has 0 spiro atoms. The summed E-state index contributed by atoms with van der Waals surface area (Å²) in [6, 6.07) is 2.31. The SMILES string of the molecule is CCC(CC)(CCC#N)CNC(C)(C)CN1CCCC1. The number of nitrogens with one attached hydrogen (secondary N) is 1. The first kappa shape index (κ1) is 17.5. The molecule has 1 rings (SSSR count). The maximum atomic E-state index is 8.86. The summed E-state index contributed by atoms with van der Waals surface area (Å²) in [7, 11) is 0. The van der Waals surface area contributed by atoms with Gasteiger partial charge in [-0.25, -0.2) is 0 Å². The molecule has 1 saturated heterocycles. The third-order valence-corrected chi connectivity index (χ3v) is 5.03. The third-order valence-electron chi connectivity index (χ3n) is 5.03. The first-order chi connectivity index (χ1) is 9.47. The van der Waals surface area contributed by atoms with Crippen molar-refractivity contribution >= 4 is 0 Å². The Balaban J connectivity index is 2.49. The van der Waals surface area contributed by atoms with Crippen LogP contribution in [0.4, 0.5) is 0 Å². The van der Waals surface area contributed by atoms with Gasteiger partial charge in [0, 0.05) is 25.0 Å². The fourth-order valence-electron chi connectivity index (χ4n) is 3.25. The molecule has 1 aliphatic rings. The number of hydrogen-bond acceptors (Lipinski definition) is 3. The Morgan fingerprint density at radius 3 is 2.25 bits per heavy atom. The smallest absolute Gasteiger partial charge is 0.0621 e. The number of rotatable bonds is 9. The summed E-state index contributed by atoms with van der Waals surface area (Å²) in [5.74, 6) is 0. The molecule has 1 aliphatic heterocycles. The molecule has 0 aliphatic carbocycles. The van der Waals surface area contributed by atoms with Gasteiger partial charge in [0.15, 0.2) is 0 Å². The Bertz CT molecular complexity index is 307. The Labute approximate surface area is 125 Å². The van der Waals surface area contributed by atoms with E-state index in [4.69, 9.17) is 5.26 Å². The van der Waals surface area contributed by atoms with Gasteiger partial charge in [0.25, 0.3) is 0 Å². The highest BCUT2D eigenvalue weighted by molar-refractivity contribution is 4.89. The molecule has 0 unspecified atom stereocenters. The average Bonchev–Trinajstić information content (AvgIpc) is 2.92. The zero-order valence-electron chi connectivity index (χ0n) is 14.0. The highest BCUT2D eigenvalue weighted by atomic mass is 15.2. The molecular formula is C17H33N3. The topological polar surface area (TPSA) is 39.1 Å².